The highest BCUT2D eigenvalue weighted by atomic mass is 35.5. The van der Waals surface area contributed by atoms with E-state index in [4.69, 9.17) is 11.6 Å². The lowest BCUT2D eigenvalue weighted by Crippen LogP contribution is -2.37. The van der Waals surface area contributed by atoms with Gasteiger partial charge in [-0.3, -0.25) is 24.9 Å². The minimum atomic E-state index is -4.64. The molecule has 0 bridgehead atoms. The zero-order valence-electron chi connectivity index (χ0n) is 16.8. The quantitative estimate of drug-likeness (QED) is 0.332. The number of amides is 1. The second-order valence-corrected chi connectivity index (χ2v) is 7.14. The van der Waals surface area contributed by atoms with Crippen molar-refractivity contribution in [2.75, 3.05) is 11.9 Å². The monoisotopic (exact) mass is 479 g/mol. The van der Waals surface area contributed by atoms with E-state index in [9.17, 15) is 27.6 Å². The lowest BCUT2D eigenvalue weighted by Gasteiger charge is -2.16. The molecule has 8 nitrogen and oxygen atoms in total. The first-order valence-electron chi connectivity index (χ1n) is 9.49. The molecule has 3 rings (SSSR count). The van der Waals surface area contributed by atoms with Crippen LogP contribution in [0.25, 0.3) is 0 Å². The number of hydrogen-bond donors (Lipinski definition) is 4. The number of aromatic nitrogens is 2. The number of alkyl halides is 3. The van der Waals surface area contributed by atoms with E-state index in [1.54, 1.807) is 0 Å². The molecule has 0 radical (unpaired) electrons. The Morgan fingerprint density at radius 2 is 1.76 bits per heavy atom. The summed E-state index contributed by atoms with van der Waals surface area (Å²) in [6.45, 7) is -0.0768. The van der Waals surface area contributed by atoms with Crippen LogP contribution in [0.4, 0.5) is 18.9 Å². The molecule has 0 saturated heterocycles. The number of halogens is 4. The Bertz CT molecular complexity index is 1280. The number of H-pyrrole nitrogens is 2. The molecule has 33 heavy (non-hydrogen) atoms. The molecular formula is C21H17ClF3N5O3. The van der Waals surface area contributed by atoms with Crippen molar-refractivity contribution in [1.82, 2.24) is 15.3 Å². The molecule has 2 aromatic carbocycles. The van der Waals surface area contributed by atoms with Gasteiger partial charge in [0.15, 0.2) is 0 Å². The molecule has 3 aromatic rings. The normalized spacial score (nSPS) is 11.8. The minimum Gasteiger partial charge on any atom is -0.325 e. The van der Waals surface area contributed by atoms with E-state index < -0.39 is 28.9 Å². The fraction of sp³-hybridized carbons (Fsp3) is 0.143. The molecule has 0 atom stereocenters. The first-order valence-corrected chi connectivity index (χ1v) is 9.87. The van der Waals surface area contributed by atoms with Crippen LogP contribution in [0.3, 0.4) is 0 Å². The topological polar surface area (TPSA) is 119 Å². The van der Waals surface area contributed by atoms with Gasteiger partial charge < -0.3 is 10.3 Å². The van der Waals surface area contributed by atoms with Gasteiger partial charge in [-0.2, -0.15) is 13.2 Å². The molecule has 0 aliphatic heterocycles. The van der Waals surface area contributed by atoms with Crippen LogP contribution < -0.4 is 21.9 Å². The molecule has 172 valence electrons. The van der Waals surface area contributed by atoms with E-state index in [2.05, 4.69) is 25.6 Å². The molecule has 0 saturated carbocycles. The zero-order valence-corrected chi connectivity index (χ0v) is 17.6. The second-order valence-electron chi connectivity index (χ2n) is 6.71. The average molecular weight is 480 g/mol. The maximum absolute atomic E-state index is 13.4. The van der Waals surface area contributed by atoms with Crippen LogP contribution in [0, 0.1) is 0 Å². The highest BCUT2D eigenvalue weighted by Gasteiger charge is 2.33. The number of anilines is 1. The maximum atomic E-state index is 13.4. The fourth-order valence-electron chi connectivity index (χ4n) is 2.77. The van der Waals surface area contributed by atoms with E-state index in [0.717, 1.165) is 6.07 Å². The first-order chi connectivity index (χ1) is 15.6. The van der Waals surface area contributed by atoms with Crippen LogP contribution in [0.5, 0.6) is 0 Å². The lowest BCUT2D eigenvalue weighted by molar-refractivity contribution is -0.136. The van der Waals surface area contributed by atoms with Gasteiger partial charge in [0.05, 0.1) is 11.3 Å². The number of aliphatic imine (C=N–C) groups is 1. The summed E-state index contributed by atoms with van der Waals surface area (Å²) in [5.41, 5.74) is -2.14. The predicted octanol–water partition coefficient (Wildman–Crippen LogP) is 3.18. The third-order valence-electron chi connectivity index (χ3n) is 4.37. The molecule has 0 unspecified atom stereocenters. The summed E-state index contributed by atoms with van der Waals surface area (Å²) in [6, 6.07) is 10.6. The molecule has 1 aromatic heterocycles. The summed E-state index contributed by atoms with van der Waals surface area (Å²) < 4.78 is 40.1. The number of aromatic amines is 2. The first kappa shape index (κ1) is 23.8. The predicted molar refractivity (Wildman–Crippen MR) is 118 cm³/mol. The Balaban J connectivity index is 1.86. The molecule has 0 aliphatic carbocycles. The van der Waals surface area contributed by atoms with Crippen molar-refractivity contribution in [3.05, 3.63) is 97.3 Å². The number of para-hydroxylation sites is 1. The smallest absolute Gasteiger partial charge is 0.325 e. The highest BCUT2D eigenvalue weighted by Crippen LogP contribution is 2.34. The summed E-state index contributed by atoms with van der Waals surface area (Å²) in [4.78, 5) is 44.0. The maximum Gasteiger partial charge on any atom is 0.418 e. The highest BCUT2D eigenvalue weighted by molar-refractivity contribution is 6.30. The molecule has 1 amide bonds. The minimum absolute atomic E-state index is 0.0506. The number of carbonyl (C=O) groups excluding carboxylic acids is 1. The van der Waals surface area contributed by atoms with Gasteiger partial charge >= 0.3 is 11.9 Å². The van der Waals surface area contributed by atoms with E-state index in [-0.39, 0.29) is 35.7 Å². The van der Waals surface area contributed by atoms with Crippen molar-refractivity contribution in [3.8, 4) is 0 Å². The molecule has 0 aliphatic rings. The third kappa shape index (κ3) is 6.56. The molecule has 0 spiro atoms. The van der Waals surface area contributed by atoms with E-state index >= 15 is 0 Å². The van der Waals surface area contributed by atoms with Crippen LogP contribution >= 0.6 is 11.6 Å². The molecular weight excluding hydrogens is 463 g/mol. The van der Waals surface area contributed by atoms with Gasteiger partial charge in [0.25, 0.3) is 11.5 Å². The van der Waals surface area contributed by atoms with Crippen LogP contribution in [-0.2, 0) is 12.6 Å². The second kappa shape index (κ2) is 10.2. The van der Waals surface area contributed by atoms with E-state index in [1.165, 1.54) is 48.7 Å². The lowest BCUT2D eigenvalue weighted by atomic mass is 10.1. The van der Waals surface area contributed by atoms with E-state index in [0.29, 0.717) is 5.02 Å². The largest absolute Gasteiger partial charge is 0.418 e. The number of hydrogen-bond acceptors (Lipinski definition) is 4. The summed E-state index contributed by atoms with van der Waals surface area (Å²) >= 11 is 5.81. The van der Waals surface area contributed by atoms with Crippen molar-refractivity contribution < 1.29 is 18.0 Å². The Morgan fingerprint density at radius 1 is 1.06 bits per heavy atom. The zero-order chi connectivity index (χ0) is 24.0. The van der Waals surface area contributed by atoms with E-state index in [1.807, 2.05) is 0 Å². The molecule has 1 heterocycles. The molecule has 4 N–H and O–H groups in total. The summed E-state index contributed by atoms with van der Waals surface area (Å²) in [7, 11) is 0. The van der Waals surface area contributed by atoms with Crippen molar-refractivity contribution >= 4 is 29.2 Å². The van der Waals surface area contributed by atoms with Gasteiger partial charge in [-0.15, -0.1) is 0 Å². The standard InChI is InChI=1S/C21H17ClF3N5O3/c22-14-7-5-12(6-8-14)17(31)29-19(26-10-9-13-11-27-20(33)30-18(13)32)28-16-4-2-1-3-15(16)21(23,24)25/h1-8,11H,9-10H2,(H2,26,28,29,31)(H2,27,30,32,33). The van der Waals surface area contributed by atoms with Gasteiger partial charge in [-0.25, -0.2) is 4.79 Å². The van der Waals surface area contributed by atoms with Crippen molar-refractivity contribution in [2.45, 2.75) is 12.6 Å². The van der Waals surface area contributed by atoms with Crippen molar-refractivity contribution in [1.29, 1.82) is 0 Å². The number of nitrogens with one attached hydrogen (secondary N) is 4. The Labute approximate surface area is 189 Å². The van der Waals surface area contributed by atoms with Crippen molar-refractivity contribution in [3.63, 3.8) is 0 Å². The number of nitrogens with zero attached hydrogens (tertiary/aromatic N) is 1. The van der Waals surface area contributed by atoms with Crippen molar-refractivity contribution in [2.24, 2.45) is 4.99 Å². The van der Waals surface area contributed by atoms with Gasteiger partial charge in [0, 0.05) is 28.9 Å². The third-order valence-corrected chi connectivity index (χ3v) is 4.62. The summed E-state index contributed by atoms with van der Waals surface area (Å²) in [5.74, 6) is -0.892. The van der Waals surface area contributed by atoms with Gasteiger partial charge in [0.2, 0.25) is 5.96 Å². The van der Waals surface area contributed by atoms with Crippen LogP contribution in [0.2, 0.25) is 5.02 Å². The number of carbonyl (C=O) groups is 1. The van der Waals surface area contributed by atoms with Gasteiger partial charge in [0.1, 0.15) is 0 Å². The van der Waals surface area contributed by atoms with Gasteiger partial charge in [-0.05, 0) is 42.8 Å². The Hall–Kier alpha value is -3.86. The van der Waals surface area contributed by atoms with Crippen LogP contribution in [0.15, 0.2) is 69.3 Å². The fourth-order valence-corrected chi connectivity index (χ4v) is 2.90. The molecule has 0 fully saturated rings. The molecule has 12 heteroatoms. The van der Waals surface area contributed by atoms with Gasteiger partial charge in [-0.1, -0.05) is 23.7 Å². The SMILES string of the molecule is O=C(NC(=NCCc1c[nH]c(=O)[nH]c1=O)Nc1ccccc1C(F)(F)F)c1ccc(Cl)cc1. The number of benzene rings is 2. The Morgan fingerprint density at radius 3 is 2.42 bits per heavy atom. The number of guanidine groups is 1. The average Bonchev–Trinajstić information content (AvgIpc) is 2.75. The summed E-state index contributed by atoms with van der Waals surface area (Å²) in [5, 5.41) is 5.35. The number of rotatable bonds is 5. The summed E-state index contributed by atoms with van der Waals surface area (Å²) in [6.07, 6.45) is -3.37. The van der Waals surface area contributed by atoms with Crippen LogP contribution in [-0.4, -0.2) is 28.4 Å². The van der Waals surface area contributed by atoms with Crippen LogP contribution in [0.1, 0.15) is 21.5 Å². The Kier molecular flexibility index (Phi) is 7.34.